The maximum atomic E-state index is 12.9. The molecule has 0 aliphatic carbocycles. The van der Waals surface area contributed by atoms with Crippen molar-refractivity contribution < 1.29 is 23.8 Å². The van der Waals surface area contributed by atoms with Gasteiger partial charge in [0.25, 0.3) is 0 Å². The van der Waals surface area contributed by atoms with E-state index in [1.54, 1.807) is 24.1 Å². The molecule has 0 spiro atoms. The summed E-state index contributed by atoms with van der Waals surface area (Å²) in [5.41, 5.74) is 1.56. The first-order chi connectivity index (χ1) is 15.9. The van der Waals surface area contributed by atoms with Crippen LogP contribution in [0.4, 0.5) is 5.69 Å². The van der Waals surface area contributed by atoms with E-state index in [1.807, 2.05) is 37.3 Å². The van der Waals surface area contributed by atoms with E-state index >= 15 is 0 Å². The molecule has 1 unspecified atom stereocenters. The fourth-order valence-electron chi connectivity index (χ4n) is 3.73. The van der Waals surface area contributed by atoms with Crippen molar-refractivity contribution in [3.63, 3.8) is 0 Å². The molecule has 0 bridgehead atoms. The van der Waals surface area contributed by atoms with Crippen LogP contribution in [-0.2, 0) is 9.59 Å². The van der Waals surface area contributed by atoms with E-state index in [1.165, 1.54) is 0 Å². The van der Waals surface area contributed by atoms with Crippen molar-refractivity contribution in [3.05, 3.63) is 48.0 Å². The average molecular weight is 456 g/mol. The predicted molar refractivity (Wildman–Crippen MR) is 127 cm³/mol. The Morgan fingerprint density at radius 2 is 1.73 bits per heavy atom. The van der Waals surface area contributed by atoms with Crippen molar-refractivity contribution in [2.24, 2.45) is 5.92 Å². The Morgan fingerprint density at radius 3 is 2.42 bits per heavy atom. The van der Waals surface area contributed by atoms with E-state index < -0.39 is 0 Å². The molecule has 2 N–H and O–H groups in total. The van der Waals surface area contributed by atoms with Crippen molar-refractivity contribution in [1.29, 1.82) is 0 Å². The second-order valence-corrected chi connectivity index (χ2v) is 8.24. The molecular formula is C25H33N3O5. The van der Waals surface area contributed by atoms with Crippen molar-refractivity contribution in [1.82, 2.24) is 10.2 Å². The Balaban J connectivity index is 1.60. The summed E-state index contributed by atoms with van der Waals surface area (Å²) in [7, 11) is 1.56. The fraction of sp³-hybridized carbons (Fsp3) is 0.440. The Morgan fingerprint density at radius 1 is 1.03 bits per heavy atom. The standard InChI is InChI=1S/C25H33N3O5/c1-5-28(15-23(29)26-19-8-6-7-9-20(19)31-4)16-24(30)27-25(17(2)3)18-10-11-21-22(14-18)33-13-12-32-21/h6-11,14,17,25H,5,12-13,15-16H2,1-4H3,(H,26,29)(H,27,30). The Kier molecular flexibility index (Phi) is 8.54. The van der Waals surface area contributed by atoms with Crippen LogP contribution in [-0.4, -0.2) is 56.7 Å². The number of carbonyl (C=O) groups is 2. The summed E-state index contributed by atoms with van der Waals surface area (Å²) in [5.74, 6) is 1.82. The SMILES string of the molecule is CCN(CC(=O)Nc1ccccc1OC)CC(=O)NC(c1ccc2c(c1)OCCO2)C(C)C. The summed E-state index contributed by atoms with van der Waals surface area (Å²) in [4.78, 5) is 27.2. The molecule has 8 nitrogen and oxygen atoms in total. The highest BCUT2D eigenvalue weighted by Crippen LogP contribution is 2.34. The van der Waals surface area contributed by atoms with E-state index in [9.17, 15) is 9.59 Å². The Labute approximate surface area is 195 Å². The monoisotopic (exact) mass is 455 g/mol. The first-order valence-electron chi connectivity index (χ1n) is 11.2. The molecule has 8 heteroatoms. The van der Waals surface area contributed by atoms with Crippen molar-refractivity contribution in [2.75, 3.05) is 45.3 Å². The number of anilines is 1. The minimum atomic E-state index is -0.207. The van der Waals surface area contributed by atoms with E-state index in [4.69, 9.17) is 14.2 Å². The molecule has 33 heavy (non-hydrogen) atoms. The van der Waals surface area contributed by atoms with Crippen LogP contribution in [0.1, 0.15) is 32.4 Å². The van der Waals surface area contributed by atoms with Crippen LogP contribution in [0, 0.1) is 5.92 Å². The number of hydrogen-bond donors (Lipinski definition) is 2. The summed E-state index contributed by atoms with van der Waals surface area (Å²) in [6.45, 7) is 7.85. The topological polar surface area (TPSA) is 89.1 Å². The highest BCUT2D eigenvalue weighted by molar-refractivity contribution is 5.94. The van der Waals surface area contributed by atoms with Gasteiger partial charge in [-0.05, 0) is 42.3 Å². The van der Waals surface area contributed by atoms with Crippen LogP contribution in [0.5, 0.6) is 17.2 Å². The van der Waals surface area contributed by atoms with Gasteiger partial charge in [-0.2, -0.15) is 0 Å². The lowest BCUT2D eigenvalue weighted by Crippen LogP contribution is -2.43. The van der Waals surface area contributed by atoms with Crippen molar-refractivity contribution in [2.45, 2.75) is 26.8 Å². The molecule has 178 valence electrons. The normalized spacial score (nSPS) is 13.5. The number of fused-ring (bicyclic) bond motifs is 1. The van der Waals surface area contributed by atoms with E-state index in [-0.39, 0.29) is 36.9 Å². The van der Waals surface area contributed by atoms with E-state index in [0.29, 0.717) is 36.9 Å². The van der Waals surface area contributed by atoms with Gasteiger partial charge in [0.1, 0.15) is 19.0 Å². The van der Waals surface area contributed by atoms with Gasteiger partial charge >= 0.3 is 0 Å². The first-order valence-corrected chi connectivity index (χ1v) is 11.2. The van der Waals surface area contributed by atoms with Gasteiger partial charge in [0.05, 0.1) is 31.9 Å². The van der Waals surface area contributed by atoms with Crippen LogP contribution >= 0.6 is 0 Å². The number of para-hydroxylation sites is 2. The van der Waals surface area contributed by atoms with Gasteiger partial charge in [0.2, 0.25) is 11.8 Å². The molecule has 3 rings (SSSR count). The van der Waals surface area contributed by atoms with Gasteiger partial charge in [-0.1, -0.05) is 39.0 Å². The molecule has 1 aliphatic heterocycles. The number of benzene rings is 2. The number of nitrogens with one attached hydrogen (secondary N) is 2. The molecule has 2 aromatic rings. The molecule has 0 aromatic heterocycles. The van der Waals surface area contributed by atoms with Crippen LogP contribution in [0.2, 0.25) is 0 Å². The van der Waals surface area contributed by atoms with Crippen LogP contribution in [0.25, 0.3) is 0 Å². The summed E-state index contributed by atoms with van der Waals surface area (Å²) < 4.78 is 16.6. The quantitative estimate of drug-likeness (QED) is 0.572. The minimum absolute atomic E-state index is 0.0956. The Bertz CT molecular complexity index is 963. The molecule has 2 amide bonds. The molecule has 0 fully saturated rings. The number of likely N-dealkylation sites (N-methyl/N-ethyl adjacent to an activating group) is 1. The third kappa shape index (κ3) is 6.61. The summed E-state index contributed by atoms with van der Waals surface area (Å²) >= 11 is 0. The molecule has 1 aliphatic rings. The highest BCUT2D eigenvalue weighted by Gasteiger charge is 2.23. The second-order valence-electron chi connectivity index (χ2n) is 8.24. The minimum Gasteiger partial charge on any atom is -0.495 e. The van der Waals surface area contributed by atoms with Gasteiger partial charge in [-0.25, -0.2) is 0 Å². The maximum absolute atomic E-state index is 12.9. The zero-order valence-electron chi connectivity index (χ0n) is 19.7. The first kappa shape index (κ1) is 24.4. The molecule has 0 saturated carbocycles. The van der Waals surface area contributed by atoms with E-state index in [0.717, 1.165) is 11.3 Å². The molecule has 1 atom stereocenters. The number of amides is 2. The summed E-state index contributed by atoms with van der Waals surface area (Å²) in [5, 5.41) is 5.97. The number of nitrogens with zero attached hydrogens (tertiary/aromatic N) is 1. The van der Waals surface area contributed by atoms with Crippen molar-refractivity contribution in [3.8, 4) is 17.2 Å². The zero-order valence-corrected chi connectivity index (χ0v) is 19.7. The predicted octanol–water partition coefficient (Wildman–Crippen LogP) is 3.24. The molecule has 0 radical (unpaired) electrons. The number of carbonyl (C=O) groups excluding carboxylic acids is 2. The lowest BCUT2D eigenvalue weighted by molar-refractivity contribution is -0.124. The fourth-order valence-corrected chi connectivity index (χ4v) is 3.73. The van der Waals surface area contributed by atoms with Crippen LogP contribution in [0.15, 0.2) is 42.5 Å². The smallest absolute Gasteiger partial charge is 0.238 e. The second kappa shape index (κ2) is 11.6. The van der Waals surface area contributed by atoms with Crippen LogP contribution < -0.4 is 24.8 Å². The zero-order chi connectivity index (χ0) is 23.8. The maximum Gasteiger partial charge on any atom is 0.238 e. The Hall–Kier alpha value is -3.26. The lowest BCUT2D eigenvalue weighted by Gasteiger charge is -2.27. The van der Waals surface area contributed by atoms with Gasteiger partial charge in [-0.3, -0.25) is 14.5 Å². The summed E-state index contributed by atoms with van der Waals surface area (Å²) in [6, 6.07) is 12.8. The van der Waals surface area contributed by atoms with Gasteiger partial charge in [0.15, 0.2) is 11.5 Å². The van der Waals surface area contributed by atoms with Crippen LogP contribution in [0.3, 0.4) is 0 Å². The van der Waals surface area contributed by atoms with Crippen molar-refractivity contribution >= 4 is 17.5 Å². The third-order valence-electron chi connectivity index (χ3n) is 5.47. The van der Waals surface area contributed by atoms with Gasteiger partial charge in [0, 0.05) is 0 Å². The van der Waals surface area contributed by atoms with E-state index in [2.05, 4.69) is 24.5 Å². The average Bonchev–Trinajstić information content (AvgIpc) is 2.82. The lowest BCUT2D eigenvalue weighted by atomic mass is 9.95. The third-order valence-corrected chi connectivity index (χ3v) is 5.47. The number of ether oxygens (including phenoxy) is 3. The largest absolute Gasteiger partial charge is 0.495 e. The molecule has 2 aromatic carbocycles. The molecular weight excluding hydrogens is 422 g/mol. The number of hydrogen-bond acceptors (Lipinski definition) is 6. The van der Waals surface area contributed by atoms with Gasteiger partial charge in [-0.15, -0.1) is 0 Å². The summed E-state index contributed by atoms with van der Waals surface area (Å²) in [6.07, 6.45) is 0. The van der Waals surface area contributed by atoms with Gasteiger partial charge < -0.3 is 24.8 Å². The highest BCUT2D eigenvalue weighted by atomic mass is 16.6. The number of methoxy groups -OCH3 is 1. The molecule has 0 saturated heterocycles. The molecule has 1 heterocycles. The number of rotatable bonds is 10.